The smallest absolute Gasteiger partial charge is 0.0419 e. The molecular formula is C17H20N2. The van der Waals surface area contributed by atoms with Gasteiger partial charge in [-0.25, -0.2) is 0 Å². The predicted octanol–water partition coefficient (Wildman–Crippen LogP) is 3.29. The zero-order valence-electron chi connectivity index (χ0n) is 11.2. The summed E-state index contributed by atoms with van der Waals surface area (Å²) in [5.74, 6) is 0. The molecule has 0 bridgehead atoms. The van der Waals surface area contributed by atoms with Crippen LogP contribution in [0.2, 0.25) is 0 Å². The summed E-state index contributed by atoms with van der Waals surface area (Å²) < 4.78 is 0. The van der Waals surface area contributed by atoms with E-state index in [9.17, 15) is 0 Å². The van der Waals surface area contributed by atoms with Crippen LogP contribution in [0.5, 0.6) is 0 Å². The Labute approximate surface area is 115 Å². The fraction of sp³-hybridized carbons (Fsp3) is 0.353. The van der Waals surface area contributed by atoms with E-state index in [-0.39, 0.29) is 0 Å². The van der Waals surface area contributed by atoms with E-state index in [0.717, 1.165) is 13.0 Å². The number of pyridine rings is 1. The molecule has 2 aromatic rings. The van der Waals surface area contributed by atoms with Crippen LogP contribution >= 0.6 is 0 Å². The first-order chi connectivity index (χ1) is 9.42. The molecule has 2 heteroatoms. The second-order valence-corrected chi connectivity index (χ2v) is 5.28. The molecule has 1 aliphatic rings. The minimum atomic E-state index is 0.648. The number of rotatable bonds is 4. The predicted molar refractivity (Wildman–Crippen MR) is 77.8 cm³/mol. The highest BCUT2D eigenvalue weighted by Crippen LogP contribution is 2.22. The zero-order valence-corrected chi connectivity index (χ0v) is 11.2. The summed E-state index contributed by atoms with van der Waals surface area (Å²) in [5, 5.41) is 0. The molecule has 0 radical (unpaired) electrons. The van der Waals surface area contributed by atoms with Crippen LogP contribution < -0.4 is 0 Å². The molecule has 19 heavy (non-hydrogen) atoms. The van der Waals surface area contributed by atoms with Crippen molar-refractivity contribution < 1.29 is 0 Å². The van der Waals surface area contributed by atoms with E-state index < -0.39 is 0 Å². The normalized spacial score (nSPS) is 19.7. The molecule has 0 aliphatic carbocycles. The molecule has 3 rings (SSSR count). The summed E-state index contributed by atoms with van der Waals surface area (Å²) in [6.07, 6.45) is 5.58. The highest BCUT2D eigenvalue weighted by Gasteiger charge is 2.24. The van der Waals surface area contributed by atoms with Crippen LogP contribution in [-0.4, -0.2) is 22.5 Å². The van der Waals surface area contributed by atoms with E-state index in [1.807, 2.05) is 12.3 Å². The molecule has 2 heterocycles. The van der Waals surface area contributed by atoms with E-state index >= 15 is 0 Å². The summed E-state index contributed by atoms with van der Waals surface area (Å²) >= 11 is 0. The highest BCUT2D eigenvalue weighted by atomic mass is 15.2. The molecule has 0 amide bonds. The van der Waals surface area contributed by atoms with Crippen molar-refractivity contribution >= 4 is 0 Å². The minimum absolute atomic E-state index is 0.648. The number of benzene rings is 1. The largest absolute Gasteiger partial charge is 0.296 e. The zero-order chi connectivity index (χ0) is 12.9. The Kier molecular flexibility index (Phi) is 3.89. The van der Waals surface area contributed by atoms with Gasteiger partial charge in [-0.2, -0.15) is 0 Å². The lowest BCUT2D eigenvalue weighted by atomic mass is 10.1. The maximum atomic E-state index is 4.46. The minimum Gasteiger partial charge on any atom is -0.296 e. The van der Waals surface area contributed by atoms with Gasteiger partial charge < -0.3 is 0 Å². The number of hydrogen-bond acceptors (Lipinski definition) is 2. The van der Waals surface area contributed by atoms with Crippen molar-refractivity contribution in [1.82, 2.24) is 9.88 Å². The lowest BCUT2D eigenvalue weighted by Crippen LogP contribution is -2.30. The number of aromatic nitrogens is 1. The molecule has 1 unspecified atom stereocenters. The van der Waals surface area contributed by atoms with Crippen LogP contribution in [0.25, 0.3) is 0 Å². The molecule has 1 aromatic heterocycles. The molecule has 1 saturated heterocycles. The van der Waals surface area contributed by atoms with Crippen LogP contribution in [0.15, 0.2) is 54.7 Å². The first-order valence-corrected chi connectivity index (χ1v) is 7.10. The van der Waals surface area contributed by atoms with E-state index in [4.69, 9.17) is 0 Å². The monoisotopic (exact) mass is 252 g/mol. The third-order valence-electron chi connectivity index (χ3n) is 3.90. The van der Waals surface area contributed by atoms with Gasteiger partial charge in [0.05, 0.1) is 0 Å². The average molecular weight is 252 g/mol. The SMILES string of the molecule is c1ccc(CN2CCCC2Cc2ccccn2)cc1. The topological polar surface area (TPSA) is 16.1 Å². The van der Waals surface area contributed by atoms with E-state index in [1.165, 1.54) is 30.6 Å². The first-order valence-electron chi connectivity index (χ1n) is 7.10. The maximum absolute atomic E-state index is 4.46. The van der Waals surface area contributed by atoms with Gasteiger partial charge in [-0.05, 0) is 37.1 Å². The van der Waals surface area contributed by atoms with Crippen LogP contribution in [0.3, 0.4) is 0 Å². The molecule has 1 fully saturated rings. The summed E-state index contributed by atoms with van der Waals surface area (Å²) in [7, 11) is 0. The van der Waals surface area contributed by atoms with Gasteiger partial charge in [-0.3, -0.25) is 9.88 Å². The summed E-state index contributed by atoms with van der Waals surface area (Å²) in [4.78, 5) is 7.06. The van der Waals surface area contributed by atoms with E-state index in [2.05, 4.69) is 52.3 Å². The Morgan fingerprint density at radius 1 is 1.05 bits per heavy atom. The van der Waals surface area contributed by atoms with E-state index in [1.54, 1.807) is 0 Å². The Morgan fingerprint density at radius 2 is 1.89 bits per heavy atom. The van der Waals surface area contributed by atoms with Crippen molar-refractivity contribution in [2.75, 3.05) is 6.54 Å². The van der Waals surface area contributed by atoms with Crippen molar-refractivity contribution in [3.63, 3.8) is 0 Å². The van der Waals surface area contributed by atoms with Gasteiger partial charge >= 0.3 is 0 Å². The third kappa shape index (κ3) is 3.21. The van der Waals surface area contributed by atoms with Gasteiger partial charge in [-0.1, -0.05) is 36.4 Å². The van der Waals surface area contributed by atoms with Gasteiger partial charge in [0.25, 0.3) is 0 Å². The number of hydrogen-bond donors (Lipinski definition) is 0. The third-order valence-corrected chi connectivity index (χ3v) is 3.90. The van der Waals surface area contributed by atoms with Gasteiger partial charge in [0, 0.05) is 30.9 Å². The van der Waals surface area contributed by atoms with Crippen LogP contribution in [0.4, 0.5) is 0 Å². The van der Waals surface area contributed by atoms with Gasteiger partial charge in [0.15, 0.2) is 0 Å². The van der Waals surface area contributed by atoms with Crippen molar-refractivity contribution in [2.24, 2.45) is 0 Å². The van der Waals surface area contributed by atoms with Gasteiger partial charge in [0.2, 0.25) is 0 Å². The Balaban J connectivity index is 1.65. The Bertz CT molecular complexity index is 448. The molecule has 0 saturated carbocycles. The number of nitrogens with zero attached hydrogens (tertiary/aromatic N) is 2. The molecule has 98 valence electrons. The van der Waals surface area contributed by atoms with Crippen LogP contribution in [0.1, 0.15) is 24.1 Å². The molecule has 0 N–H and O–H groups in total. The summed E-state index contributed by atoms with van der Waals surface area (Å²) in [6, 6.07) is 17.6. The lowest BCUT2D eigenvalue weighted by Gasteiger charge is -2.24. The number of likely N-dealkylation sites (tertiary alicyclic amines) is 1. The second kappa shape index (κ2) is 5.98. The maximum Gasteiger partial charge on any atom is 0.0419 e. The summed E-state index contributed by atoms with van der Waals surface area (Å²) in [5.41, 5.74) is 2.63. The van der Waals surface area contributed by atoms with Crippen molar-refractivity contribution in [1.29, 1.82) is 0 Å². The highest BCUT2D eigenvalue weighted by molar-refractivity contribution is 5.15. The van der Waals surface area contributed by atoms with Crippen LogP contribution in [0, 0.1) is 0 Å². The molecule has 1 aromatic carbocycles. The lowest BCUT2D eigenvalue weighted by molar-refractivity contribution is 0.243. The molecule has 1 aliphatic heterocycles. The summed E-state index contributed by atoms with van der Waals surface area (Å²) in [6.45, 7) is 2.28. The standard InChI is InChI=1S/C17H20N2/c1-2-7-15(8-3-1)14-19-12-6-10-17(19)13-16-9-4-5-11-18-16/h1-5,7-9,11,17H,6,10,12-14H2. The fourth-order valence-corrected chi connectivity index (χ4v) is 2.91. The molecule has 2 nitrogen and oxygen atoms in total. The Hall–Kier alpha value is -1.67. The van der Waals surface area contributed by atoms with Crippen molar-refractivity contribution in [3.05, 3.63) is 66.0 Å². The molecular weight excluding hydrogens is 232 g/mol. The van der Waals surface area contributed by atoms with Gasteiger partial charge in [-0.15, -0.1) is 0 Å². The van der Waals surface area contributed by atoms with E-state index in [0.29, 0.717) is 6.04 Å². The molecule has 0 spiro atoms. The van der Waals surface area contributed by atoms with Gasteiger partial charge in [0.1, 0.15) is 0 Å². The first kappa shape index (κ1) is 12.4. The Morgan fingerprint density at radius 3 is 2.68 bits per heavy atom. The second-order valence-electron chi connectivity index (χ2n) is 5.28. The van der Waals surface area contributed by atoms with Crippen molar-refractivity contribution in [3.8, 4) is 0 Å². The van der Waals surface area contributed by atoms with Crippen LogP contribution in [-0.2, 0) is 13.0 Å². The average Bonchev–Trinajstić information content (AvgIpc) is 2.88. The molecule has 1 atom stereocenters. The quantitative estimate of drug-likeness (QED) is 0.830. The fourth-order valence-electron chi connectivity index (χ4n) is 2.91. The van der Waals surface area contributed by atoms with Crippen molar-refractivity contribution in [2.45, 2.75) is 31.8 Å².